The highest BCUT2D eigenvalue weighted by Crippen LogP contribution is 2.29. The molecule has 2 rings (SSSR count). The molecule has 0 aliphatic carbocycles. The van der Waals surface area contributed by atoms with Crippen molar-refractivity contribution in [2.45, 2.75) is 12.5 Å². The minimum atomic E-state index is -0.529. The van der Waals surface area contributed by atoms with Crippen molar-refractivity contribution in [3.05, 3.63) is 27.4 Å². The molecule has 0 bridgehead atoms. The highest BCUT2D eigenvalue weighted by Gasteiger charge is 2.28. The van der Waals surface area contributed by atoms with Crippen LogP contribution in [0.25, 0.3) is 0 Å². The third-order valence-electron chi connectivity index (χ3n) is 3.07. The number of morpholine rings is 1. The van der Waals surface area contributed by atoms with Crippen molar-refractivity contribution in [1.29, 1.82) is 0 Å². The number of hydrogen-bond donors (Lipinski definition) is 0. The molecule has 1 atom stereocenters. The maximum absolute atomic E-state index is 11.3. The Morgan fingerprint density at radius 2 is 2.48 bits per heavy atom. The Morgan fingerprint density at radius 1 is 1.71 bits per heavy atom. The van der Waals surface area contributed by atoms with Gasteiger partial charge in [-0.05, 0) is 0 Å². The number of nitrogens with zero attached hydrogens (tertiary/aromatic N) is 3. The standard InChI is InChI=1S/C12H14ClN3O5/c1-20-11(17)5-9-7-15(2-3-21-9)12-10(16(18)19)4-8(13)6-14-12/h4,6,9H,2-3,5,7H2,1H3. The van der Waals surface area contributed by atoms with Crippen LogP contribution in [0.5, 0.6) is 0 Å². The van der Waals surface area contributed by atoms with Crippen LogP contribution in [0, 0.1) is 10.1 Å². The first kappa shape index (κ1) is 15.5. The van der Waals surface area contributed by atoms with Crippen molar-refractivity contribution in [2.24, 2.45) is 0 Å². The van der Waals surface area contributed by atoms with E-state index in [1.165, 1.54) is 19.4 Å². The SMILES string of the molecule is COC(=O)CC1CN(c2ncc(Cl)cc2[N+](=O)[O-])CCO1. The van der Waals surface area contributed by atoms with Gasteiger partial charge in [-0.1, -0.05) is 11.6 Å². The number of methoxy groups -OCH3 is 1. The molecule has 1 unspecified atom stereocenters. The van der Waals surface area contributed by atoms with Gasteiger partial charge in [0, 0.05) is 25.4 Å². The molecule has 2 heterocycles. The molecule has 114 valence electrons. The summed E-state index contributed by atoms with van der Waals surface area (Å²) in [7, 11) is 1.30. The average Bonchev–Trinajstić information content (AvgIpc) is 2.47. The monoisotopic (exact) mass is 315 g/mol. The lowest BCUT2D eigenvalue weighted by molar-refractivity contribution is -0.384. The van der Waals surface area contributed by atoms with Gasteiger partial charge in [0.05, 0.1) is 36.2 Å². The molecule has 0 radical (unpaired) electrons. The number of nitro groups is 1. The van der Waals surface area contributed by atoms with Crippen LogP contribution in [0.15, 0.2) is 12.3 Å². The number of aromatic nitrogens is 1. The van der Waals surface area contributed by atoms with E-state index >= 15 is 0 Å². The summed E-state index contributed by atoms with van der Waals surface area (Å²) < 4.78 is 10.1. The Kier molecular flexibility index (Phi) is 4.92. The van der Waals surface area contributed by atoms with Crippen LogP contribution in [-0.2, 0) is 14.3 Å². The molecule has 1 aliphatic heterocycles. The third kappa shape index (κ3) is 3.79. The predicted molar refractivity (Wildman–Crippen MR) is 74.5 cm³/mol. The Labute approximate surface area is 125 Å². The molecule has 9 heteroatoms. The number of pyridine rings is 1. The quantitative estimate of drug-likeness (QED) is 0.471. The smallest absolute Gasteiger partial charge is 0.313 e. The van der Waals surface area contributed by atoms with E-state index in [-0.39, 0.29) is 35.0 Å². The summed E-state index contributed by atoms with van der Waals surface area (Å²) in [6, 6.07) is 1.26. The largest absolute Gasteiger partial charge is 0.469 e. The number of carbonyl (C=O) groups excluding carboxylic acids is 1. The van der Waals surface area contributed by atoms with Gasteiger partial charge in [0.25, 0.3) is 0 Å². The molecule has 1 aliphatic rings. The Hall–Kier alpha value is -1.93. The first-order valence-electron chi connectivity index (χ1n) is 6.24. The van der Waals surface area contributed by atoms with Crippen LogP contribution in [-0.4, -0.2) is 48.8 Å². The molecule has 1 aromatic heterocycles. The van der Waals surface area contributed by atoms with E-state index in [4.69, 9.17) is 16.3 Å². The van der Waals surface area contributed by atoms with Crippen LogP contribution in [0.3, 0.4) is 0 Å². The molecule has 1 saturated heterocycles. The van der Waals surface area contributed by atoms with Crippen LogP contribution in [0.1, 0.15) is 6.42 Å². The number of esters is 1. The second-order valence-corrected chi connectivity index (χ2v) is 4.91. The van der Waals surface area contributed by atoms with Gasteiger partial charge in [-0.2, -0.15) is 0 Å². The van der Waals surface area contributed by atoms with Crippen molar-refractivity contribution >= 4 is 29.1 Å². The minimum absolute atomic E-state index is 0.0917. The molecule has 21 heavy (non-hydrogen) atoms. The number of carbonyl (C=O) groups is 1. The normalized spacial score (nSPS) is 18.4. The average molecular weight is 316 g/mol. The second kappa shape index (κ2) is 6.68. The van der Waals surface area contributed by atoms with Crippen LogP contribution < -0.4 is 4.90 Å². The van der Waals surface area contributed by atoms with Gasteiger partial charge in [0.1, 0.15) is 0 Å². The number of anilines is 1. The van der Waals surface area contributed by atoms with Crippen molar-refractivity contribution in [1.82, 2.24) is 4.98 Å². The number of rotatable bonds is 4. The van der Waals surface area contributed by atoms with E-state index in [0.29, 0.717) is 19.7 Å². The predicted octanol–water partition coefficient (Wildman–Crippen LogP) is 1.41. The molecule has 0 aromatic carbocycles. The summed E-state index contributed by atoms with van der Waals surface area (Å²) in [6.07, 6.45) is 1.06. The number of hydrogen-bond acceptors (Lipinski definition) is 7. The molecule has 1 aromatic rings. The van der Waals surface area contributed by atoms with Crippen LogP contribution >= 0.6 is 11.6 Å². The lowest BCUT2D eigenvalue weighted by Crippen LogP contribution is -2.44. The highest BCUT2D eigenvalue weighted by atomic mass is 35.5. The van der Waals surface area contributed by atoms with Gasteiger partial charge in [-0.25, -0.2) is 4.98 Å². The maximum Gasteiger partial charge on any atom is 0.313 e. The lowest BCUT2D eigenvalue weighted by atomic mass is 10.2. The number of halogens is 1. The molecule has 0 N–H and O–H groups in total. The van der Waals surface area contributed by atoms with Crippen LogP contribution in [0.4, 0.5) is 11.5 Å². The van der Waals surface area contributed by atoms with Crippen molar-refractivity contribution in [2.75, 3.05) is 31.7 Å². The summed E-state index contributed by atoms with van der Waals surface area (Å²) >= 11 is 5.74. The fourth-order valence-electron chi connectivity index (χ4n) is 2.10. The highest BCUT2D eigenvalue weighted by molar-refractivity contribution is 6.30. The zero-order chi connectivity index (χ0) is 15.4. The molecule has 1 fully saturated rings. The first-order chi connectivity index (χ1) is 10.0. The van der Waals surface area contributed by atoms with E-state index in [1.807, 2.05) is 0 Å². The van der Waals surface area contributed by atoms with Gasteiger partial charge in [0.15, 0.2) is 0 Å². The minimum Gasteiger partial charge on any atom is -0.469 e. The van der Waals surface area contributed by atoms with E-state index in [1.54, 1.807) is 4.90 Å². The van der Waals surface area contributed by atoms with Crippen molar-refractivity contribution in [3.8, 4) is 0 Å². The summed E-state index contributed by atoms with van der Waals surface area (Å²) in [5.74, 6) is -0.164. The molecular formula is C12H14ClN3O5. The van der Waals surface area contributed by atoms with Gasteiger partial charge in [0.2, 0.25) is 5.82 Å². The zero-order valence-corrected chi connectivity index (χ0v) is 12.1. The van der Waals surface area contributed by atoms with E-state index in [0.717, 1.165) is 0 Å². The summed E-state index contributed by atoms with van der Waals surface area (Å²) in [4.78, 5) is 27.6. The topological polar surface area (TPSA) is 94.8 Å². The molecular weight excluding hydrogens is 302 g/mol. The Bertz CT molecular complexity index is 554. The molecule has 0 saturated carbocycles. The maximum atomic E-state index is 11.3. The van der Waals surface area contributed by atoms with Gasteiger partial charge < -0.3 is 14.4 Å². The Morgan fingerprint density at radius 3 is 3.14 bits per heavy atom. The van der Waals surface area contributed by atoms with Gasteiger partial charge in [-0.15, -0.1) is 0 Å². The molecule has 8 nitrogen and oxygen atoms in total. The van der Waals surface area contributed by atoms with E-state index in [9.17, 15) is 14.9 Å². The lowest BCUT2D eigenvalue weighted by Gasteiger charge is -2.32. The van der Waals surface area contributed by atoms with E-state index in [2.05, 4.69) is 9.72 Å². The fraction of sp³-hybridized carbons (Fsp3) is 0.500. The fourth-order valence-corrected chi connectivity index (χ4v) is 2.26. The zero-order valence-electron chi connectivity index (χ0n) is 11.3. The van der Waals surface area contributed by atoms with Gasteiger partial charge >= 0.3 is 11.7 Å². The van der Waals surface area contributed by atoms with E-state index < -0.39 is 4.92 Å². The summed E-state index contributed by atoms with van der Waals surface area (Å²) in [6.45, 7) is 1.13. The third-order valence-corrected chi connectivity index (χ3v) is 3.28. The van der Waals surface area contributed by atoms with Crippen LogP contribution in [0.2, 0.25) is 5.02 Å². The summed E-state index contributed by atoms with van der Waals surface area (Å²) in [5, 5.41) is 11.3. The van der Waals surface area contributed by atoms with Crippen molar-refractivity contribution < 1.29 is 19.2 Å². The van der Waals surface area contributed by atoms with Gasteiger partial charge in [-0.3, -0.25) is 14.9 Å². The molecule has 0 spiro atoms. The number of ether oxygens (including phenoxy) is 2. The second-order valence-electron chi connectivity index (χ2n) is 4.47. The molecule has 0 amide bonds. The first-order valence-corrected chi connectivity index (χ1v) is 6.62. The van der Waals surface area contributed by atoms with Crippen molar-refractivity contribution in [3.63, 3.8) is 0 Å². The Balaban J connectivity index is 2.18. The summed E-state index contributed by atoms with van der Waals surface area (Å²) in [5.41, 5.74) is -0.166.